The van der Waals surface area contributed by atoms with E-state index in [0.717, 1.165) is 29.6 Å². The molecule has 0 unspecified atom stereocenters. The summed E-state index contributed by atoms with van der Waals surface area (Å²) >= 11 is 0. The molecule has 0 aliphatic rings. The Balaban J connectivity index is 1.91. The summed E-state index contributed by atoms with van der Waals surface area (Å²) in [6.45, 7) is 1.76. The number of aliphatic hydroxyl groups is 1. The lowest BCUT2D eigenvalue weighted by atomic mass is 10.2. The van der Waals surface area contributed by atoms with Crippen molar-refractivity contribution >= 4 is 10.9 Å². The molecule has 2 aromatic heterocycles. The van der Waals surface area contributed by atoms with Crippen molar-refractivity contribution in [2.45, 2.75) is 19.7 Å². The van der Waals surface area contributed by atoms with Crippen molar-refractivity contribution in [2.24, 2.45) is 0 Å². The first-order valence-corrected chi connectivity index (χ1v) is 6.03. The van der Waals surface area contributed by atoms with Crippen LogP contribution < -0.4 is 0 Å². The van der Waals surface area contributed by atoms with Crippen LogP contribution in [-0.4, -0.2) is 19.5 Å². The predicted molar refractivity (Wildman–Crippen MR) is 70.1 cm³/mol. The van der Waals surface area contributed by atoms with Gasteiger partial charge in [-0.1, -0.05) is 18.2 Å². The van der Waals surface area contributed by atoms with E-state index in [9.17, 15) is 5.11 Å². The zero-order chi connectivity index (χ0) is 12.4. The van der Waals surface area contributed by atoms with Gasteiger partial charge in [-0.15, -0.1) is 0 Å². The van der Waals surface area contributed by atoms with Crippen LogP contribution in [0.3, 0.4) is 0 Å². The van der Waals surface area contributed by atoms with Crippen LogP contribution in [0.2, 0.25) is 0 Å². The van der Waals surface area contributed by atoms with Gasteiger partial charge >= 0.3 is 0 Å². The maximum absolute atomic E-state index is 9.37. The van der Waals surface area contributed by atoms with Gasteiger partial charge in [-0.2, -0.15) is 5.10 Å². The molecular formula is C14H15N3O. The van der Waals surface area contributed by atoms with E-state index >= 15 is 0 Å². The molecule has 0 saturated carbocycles. The maximum Gasteiger partial charge on any atom is 0.0702 e. The molecule has 0 aliphatic carbocycles. The SMILES string of the molecule is OCc1cn(CCn2cccn2)c2ccccc12. The fraction of sp³-hybridized carbons (Fsp3) is 0.214. The highest BCUT2D eigenvalue weighted by molar-refractivity contribution is 5.83. The Morgan fingerprint density at radius 3 is 2.78 bits per heavy atom. The van der Waals surface area contributed by atoms with Crippen molar-refractivity contribution in [1.82, 2.24) is 14.3 Å². The van der Waals surface area contributed by atoms with E-state index in [2.05, 4.69) is 15.7 Å². The first-order chi connectivity index (χ1) is 8.88. The van der Waals surface area contributed by atoms with Gasteiger partial charge < -0.3 is 9.67 Å². The molecule has 1 N–H and O–H groups in total. The van der Waals surface area contributed by atoms with E-state index in [-0.39, 0.29) is 6.61 Å². The van der Waals surface area contributed by atoms with Gasteiger partial charge in [-0.05, 0) is 12.1 Å². The molecule has 0 radical (unpaired) electrons. The number of rotatable bonds is 4. The van der Waals surface area contributed by atoms with Crippen LogP contribution in [0.5, 0.6) is 0 Å². The molecule has 4 nitrogen and oxygen atoms in total. The van der Waals surface area contributed by atoms with Gasteiger partial charge in [0.2, 0.25) is 0 Å². The summed E-state index contributed by atoms with van der Waals surface area (Å²) in [6, 6.07) is 10.1. The molecule has 2 heterocycles. The highest BCUT2D eigenvalue weighted by atomic mass is 16.3. The molecule has 0 atom stereocenters. The Morgan fingerprint density at radius 1 is 1.11 bits per heavy atom. The van der Waals surface area contributed by atoms with Gasteiger partial charge in [0.1, 0.15) is 0 Å². The third-order valence-corrected chi connectivity index (χ3v) is 3.17. The Morgan fingerprint density at radius 2 is 2.00 bits per heavy atom. The average molecular weight is 241 g/mol. The van der Waals surface area contributed by atoms with E-state index < -0.39 is 0 Å². The van der Waals surface area contributed by atoms with E-state index in [0.29, 0.717) is 0 Å². The molecule has 0 spiro atoms. The minimum absolute atomic E-state index is 0.0787. The Kier molecular flexibility index (Phi) is 2.86. The molecule has 1 aromatic carbocycles. The van der Waals surface area contributed by atoms with Crippen LogP contribution in [0.4, 0.5) is 0 Å². The lowest BCUT2D eigenvalue weighted by Crippen LogP contribution is -2.06. The quantitative estimate of drug-likeness (QED) is 0.759. The summed E-state index contributed by atoms with van der Waals surface area (Å²) in [6.07, 6.45) is 5.76. The van der Waals surface area contributed by atoms with Crippen molar-refractivity contribution in [1.29, 1.82) is 0 Å². The number of nitrogens with zero attached hydrogens (tertiary/aromatic N) is 3. The molecule has 92 valence electrons. The highest BCUT2D eigenvalue weighted by Gasteiger charge is 2.06. The minimum atomic E-state index is 0.0787. The molecule has 0 aliphatic heterocycles. The fourth-order valence-corrected chi connectivity index (χ4v) is 2.28. The maximum atomic E-state index is 9.37. The van der Waals surface area contributed by atoms with Gasteiger partial charge in [-0.3, -0.25) is 4.68 Å². The number of aryl methyl sites for hydroxylation is 2. The molecule has 0 fully saturated rings. The van der Waals surface area contributed by atoms with E-state index in [1.807, 2.05) is 41.3 Å². The second kappa shape index (κ2) is 4.66. The second-order valence-electron chi connectivity index (χ2n) is 4.29. The molecular weight excluding hydrogens is 226 g/mol. The van der Waals surface area contributed by atoms with E-state index in [1.54, 1.807) is 6.20 Å². The monoisotopic (exact) mass is 241 g/mol. The first kappa shape index (κ1) is 11.0. The zero-order valence-corrected chi connectivity index (χ0v) is 10.0. The van der Waals surface area contributed by atoms with Gasteiger partial charge in [0, 0.05) is 41.6 Å². The standard InChI is InChI=1S/C14H15N3O/c18-11-12-10-16(8-9-17-7-3-6-15-17)14-5-2-1-4-13(12)14/h1-7,10,18H,8-9,11H2. The van der Waals surface area contributed by atoms with Gasteiger partial charge in [0.25, 0.3) is 0 Å². The minimum Gasteiger partial charge on any atom is -0.392 e. The smallest absolute Gasteiger partial charge is 0.0702 e. The Bertz CT molecular complexity index is 640. The molecule has 3 aromatic rings. The lowest BCUT2D eigenvalue weighted by Gasteiger charge is -2.05. The van der Waals surface area contributed by atoms with Crippen molar-refractivity contribution < 1.29 is 5.11 Å². The van der Waals surface area contributed by atoms with Crippen LogP contribution in [-0.2, 0) is 19.7 Å². The summed E-state index contributed by atoms with van der Waals surface area (Å²) in [5, 5.41) is 14.7. The predicted octanol–water partition coefficient (Wildman–Crippen LogP) is 2.03. The highest BCUT2D eigenvalue weighted by Crippen LogP contribution is 2.21. The first-order valence-electron chi connectivity index (χ1n) is 6.03. The number of para-hydroxylation sites is 1. The summed E-state index contributed by atoms with van der Waals surface area (Å²) in [5.74, 6) is 0. The van der Waals surface area contributed by atoms with Crippen molar-refractivity contribution in [3.63, 3.8) is 0 Å². The number of fused-ring (bicyclic) bond motifs is 1. The largest absolute Gasteiger partial charge is 0.392 e. The summed E-state index contributed by atoms with van der Waals surface area (Å²) in [7, 11) is 0. The lowest BCUT2D eigenvalue weighted by molar-refractivity contribution is 0.283. The van der Waals surface area contributed by atoms with Crippen molar-refractivity contribution in [3.05, 3.63) is 54.5 Å². The van der Waals surface area contributed by atoms with Crippen LogP contribution in [0.25, 0.3) is 10.9 Å². The average Bonchev–Trinajstić information content (AvgIpc) is 3.04. The van der Waals surface area contributed by atoms with Gasteiger partial charge in [0.05, 0.1) is 13.2 Å². The van der Waals surface area contributed by atoms with Crippen LogP contribution in [0, 0.1) is 0 Å². The molecule has 0 bridgehead atoms. The zero-order valence-electron chi connectivity index (χ0n) is 10.0. The van der Waals surface area contributed by atoms with Crippen LogP contribution in [0.1, 0.15) is 5.56 Å². The number of hydrogen-bond acceptors (Lipinski definition) is 2. The molecule has 18 heavy (non-hydrogen) atoms. The van der Waals surface area contributed by atoms with Crippen molar-refractivity contribution in [2.75, 3.05) is 0 Å². The molecule has 4 heteroatoms. The normalized spacial score (nSPS) is 11.2. The summed E-state index contributed by atoms with van der Waals surface area (Å²) in [4.78, 5) is 0. The van der Waals surface area contributed by atoms with Gasteiger partial charge in [0.15, 0.2) is 0 Å². The fourth-order valence-electron chi connectivity index (χ4n) is 2.28. The number of aliphatic hydroxyl groups excluding tert-OH is 1. The van der Waals surface area contributed by atoms with Crippen molar-refractivity contribution in [3.8, 4) is 0 Å². The topological polar surface area (TPSA) is 43.0 Å². The molecule has 3 rings (SSSR count). The summed E-state index contributed by atoms with van der Waals surface area (Å²) in [5.41, 5.74) is 2.14. The third-order valence-electron chi connectivity index (χ3n) is 3.17. The van der Waals surface area contributed by atoms with E-state index in [1.165, 1.54) is 0 Å². The third kappa shape index (κ3) is 1.91. The molecule has 0 saturated heterocycles. The number of aromatic nitrogens is 3. The van der Waals surface area contributed by atoms with E-state index in [4.69, 9.17) is 0 Å². The number of benzene rings is 1. The Labute approximate surface area is 105 Å². The van der Waals surface area contributed by atoms with Gasteiger partial charge in [-0.25, -0.2) is 0 Å². The van der Waals surface area contributed by atoms with Crippen LogP contribution >= 0.6 is 0 Å². The number of hydrogen-bond donors (Lipinski definition) is 1. The Hall–Kier alpha value is -2.07. The van der Waals surface area contributed by atoms with Crippen LogP contribution in [0.15, 0.2) is 48.9 Å². The molecule has 0 amide bonds. The summed E-state index contributed by atoms with van der Waals surface area (Å²) < 4.78 is 4.08. The second-order valence-corrected chi connectivity index (χ2v) is 4.29.